The Bertz CT molecular complexity index is 2490. The van der Waals surface area contributed by atoms with E-state index in [0.717, 1.165) is 31.9 Å². The molecule has 1 aliphatic carbocycles. The van der Waals surface area contributed by atoms with Crippen molar-refractivity contribution in [3.8, 4) is 22.5 Å². The van der Waals surface area contributed by atoms with Gasteiger partial charge in [-0.25, -0.2) is 15.2 Å². The maximum Gasteiger partial charge on any atom is 0.408 e. The van der Waals surface area contributed by atoms with Crippen molar-refractivity contribution in [3.63, 3.8) is 0 Å². The molecule has 3 atom stereocenters. The number of rotatable bonds is 16. The summed E-state index contributed by atoms with van der Waals surface area (Å²) in [5, 5.41) is 16.3. The number of piperazine rings is 1. The van der Waals surface area contributed by atoms with Crippen LogP contribution in [-0.4, -0.2) is 130 Å². The fourth-order valence-corrected chi connectivity index (χ4v) is 9.81. The molecule has 2 amide bonds. The van der Waals surface area contributed by atoms with Crippen LogP contribution in [0.1, 0.15) is 96.5 Å². The number of aromatic nitrogens is 3. The van der Waals surface area contributed by atoms with Gasteiger partial charge in [-0.15, -0.1) is 11.3 Å². The number of alkyl carbamates (subject to hydrolysis) is 1. The minimum absolute atomic E-state index is 0.00881. The molecule has 370 valence electrons. The molecule has 16 nitrogen and oxygen atoms in total. The number of hydrogen-bond donors (Lipinski definition) is 3. The van der Waals surface area contributed by atoms with Crippen molar-refractivity contribution in [2.24, 2.45) is 5.41 Å². The standard InChI is InChI=1S/C48H63F3N8O8S/c1-28(65-8)41-34(21-32(24-52-41)57-18-16-56(17-19-57)31-12-13-31)42-35(23-47(6,7)27-66-29(2)60)33-20-30(11-14-39(33)58(42)26-48(49,50)51)38-25-68-40(53-38)22-37(54-45(64)67-46(3,4)5)43(61)59-15-9-10-36(55-59)44(62)63/h11,14,20-21,24-25,28,31,36-37,55H,9-10,12-13,15-19,22-23,26-27H2,1-8H3,(H,54,64)(H,62,63)/t28?,36-,37?/m0/s1. The van der Waals surface area contributed by atoms with Gasteiger partial charge in [-0.2, -0.15) is 13.2 Å². The summed E-state index contributed by atoms with van der Waals surface area (Å²) >= 11 is 1.23. The van der Waals surface area contributed by atoms with Crippen molar-refractivity contribution in [3.05, 3.63) is 52.1 Å². The zero-order chi connectivity index (χ0) is 49.3. The van der Waals surface area contributed by atoms with Crippen LogP contribution in [0, 0.1) is 5.41 Å². The minimum atomic E-state index is -4.62. The third kappa shape index (κ3) is 12.5. The number of carbonyl (C=O) groups is 4. The maximum absolute atomic E-state index is 14.9. The van der Waals surface area contributed by atoms with Gasteiger partial charge in [-0.1, -0.05) is 19.9 Å². The molecule has 2 aliphatic heterocycles. The molecule has 2 saturated heterocycles. The lowest BCUT2D eigenvalue weighted by Crippen LogP contribution is -2.60. The van der Waals surface area contributed by atoms with Crippen LogP contribution in [0.15, 0.2) is 35.8 Å². The first-order chi connectivity index (χ1) is 32.0. The number of fused-ring (bicyclic) bond motifs is 1. The van der Waals surface area contributed by atoms with Crippen molar-refractivity contribution >= 4 is 51.9 Å². The highest BCUT2D eigenvalue weighted by molar-refractivity contribution is 7.10. The van der Waals surface area contributed by atoms with Crippen LogP contribution in [0.4, 0.5) is 23.7 Å². The second kappa shape index (κ2) is 20.3. The number of benzene rings is 1. The number of nitrogens with one attached hydrogen (secondary N) is 2. The van der Waals surface area contributed by atoms with Gasteiger partial charge in [0.05, 0.1) is 46.7 Å². The van der Waals surface area contributed by atoms with Crippen molar-refractivity contribution in [1.29, 1.82) is 0 Å². The van der Waals surface area contributed by atoms with Crippen LogP contribution in [0.2, 0.25) is 0 Å². The Balaban J connectivity index is 1.32. The Morgan fingerprint density at radius 3 is 2.37 bits per heavy atom. The van der Waals surface area contributed by atoms with Crippen LogP contribution in [-0.2, 0) is 48.0 Å². The number of hydrazine groups is 1. The van der Waals surface area contributed by atoms with Crippen LogP contribution in [0.25, 0.3) is 33.4 Å². The fourth-order valence-electron chi connectivity index (χ4n) is 8.96. The number of halogens is 3. The zero-order valence-electron chi connectivity index (χ0n) is 40.0. The fraction of sp³-hybridized carbons (Fsp3) is 0.583. The first-order valence-electron chi connectivity index (χ1n) is 23.1. The van der Waals surface area contributed by atoms with E-state index in [-0.39, 0.29) is 26.0 Å². The summed E-state index contributed by atoms with van der Waals surface area (Å²) in [7, 11) is 1.54. The van der Waals surface area contributed by atoms with E-state index >= 15 is 0 Å². The number of pyridine rings is 1. The quantitative estimate of drug-likeness (QED) is 0.0939. The summed E-state index contributed by atoms with van der Waals surface area (Å²) in [5.41, 5.74) is 5.25. The number of methoxy groups -OCH3 is 1. The highest BCUT2D eigenvalue weighted by Crippen LogP contribution is 2.44. The molecule has 7 rings (SSSR count). The number of nitrogens with zero attached hydrogens (tertiary/aromatic N) is 6. The third-order valence-corrected chi connectivity index (χ3v) is 13.3. The summed E-state index contributed by atoms with van der Waals surface area (Å²) in [6.45, 7) is 14.2. The molecule has 1 aromatic carbocycles. The van der Waals surface area contributed by atoms with Crippen LogP contribution >= 0.6 is 11.3 Å². The Hall–Kier alpha value is -5.31. The summed E-state index contributed by atoms with van der Waals surface area (Å²) < 4.78 is 62.9. The molecule has 0 bridgehead atoms. The molecule has 68 heavy (non-hydrogen) atoms. The molecule has 0 spiro atoms. The van der Waals surface area contributed by atoms with Crippen molar-refractivity contribution in [2.45, 2.75) is 130 Å². The summed E-state index contributed by atoms with van der Waals surface area (Å²) in [6, 6.07) is 5.57. The lowest BCUT2D eigenvalue weighted by atomic mass is 9.84. The maximum atomic E-state index is 14.9. The molecule has 2 unspecified atom stereocenters. The number of hydrogen-bond acceptors (Lipinski definition) is 13. The van der Waals surface area contributed by atoms with E-state index in [2.05, 4.69) is 20.5 Å². The highest BCUT2D eigenvalue weighted by Gasteiger charge is 2.37. The number of esters is 1. The van der Waals surface area contributed by atoms with Gasteiger partial charge >= 0.3 is 24.2 Å². The van der Waals surface area contributed by atoms with E-state index in [9.17, 15) is 37.5 Å². The molecule has 3 aromatic heterocycles. The smallest absolute Gasteiger partial charge is 0.408 e. The van der Waals surface area contributed by atoms with E-state index in [1.54, 1.807) is 44.5 Å². The van der Waals surface area contributed by atoms with Crippen LogP contribution in [0.3, 0.4) is 0 Å². The molecule has 3 aliphatic rings. The van der Waals surface area contributed by atoms with E-state index in [0.29, 0.717) is 68.6 Å². The topological polar surface area (TPSA) is 181 Å². The van der Waals surface area contributed by atoms with Gasteiger partial charge in [-0.05, 0) is 83.6 Å². The molecule has 3 N–H and O–H groups in total. The Labute approximate surface area is 398 Å². The SMILES string of the molecule is COC(C)c1ncc(N2CCN(C3CC3)CC2)cc1-c1c(CC(C)(C)COC(C)=O)c2cc(-c3csc(CC(NC(=O)OC(C)(C)C)C(=O)N4CCC[C@@H](C(=O)O)N4)n3)ccc2n1CC(F)(F)F. The number of thiazole rings is 1. The summed E-state index contributed by atoms with van der Waals surface area (Å²) in [4.78, 5) is 65.4. The lowest BCUT2D eigenvalue weighted by molar-refractivity contribution is -0.148. The van der Waals surface area contributed by atoms with Gasteiger partial charge in [0.15, 0.2) is 0 Å². The van der Waals surface area contributed by atoms with Crippen molar-refractivity contribution in [1.82, 2.24) is 35.2 Å². The van der Waals surface area contributed by atoms with Gasteiger partial charge in [0.25, 0.3) is 5.91 Å². The van der Waals surface area contributed by atoms with Crippen molar-refractivity contribution in [2.75, 3.05) is 51.3 Å². The molecular formula is C48H63F3N8O8S. The average molecular weight is 969 g/mol. The molecule has 20 heteroatoms. The van der Waals surface area contributed by atoms with Gasteiger partial charge in [0.1, 0.15) is 24.2 Å². The van der Waals surface area contributed by atoms with Crippen molar-refractivity contribution < 1.29 is 51.7 Å². The van der Waals surface area contributed by atoms with Gasteiger partial charge in [0, 0.05) is 92.0 Å². The molecule has 5 heterocycles. The third-order valence-electron chi connectivity index (χ3n) is 12.4. The number of carboxylic acids is 1. The summed E-state index contributed by atoms with van der Waals surface area (Å²) in [6.07, 6.45) is -0.975. The Morgan fingerprint density at radius 2 is 1.74 bits per heavy atom. The summed E-state index contributed by atoms with van der Waals surface area (Å²) in [5.74, 6) is -2.15. The van der Waals surface area contributed by atoms with E-state index in [1.165, 1.54) is 47.8 Å². The van der Waals surface area contributed by atoms with Crippen LogP contribution < -0.4 is 15.6 Å². The zero-order valence-corrected chi connectivity index (χ0v) is 40.8. The molecule has 3 fully saturated rings. The van der Waals surface area contributed by atoms with E-state index < -0.39 is 65.9 Å². The number of ether oxygens (including phenoxy) is 3. The molecule has 4 aromatic rings. The van der Waals surface area contributed by atoms with Gasteiger partial charge in [-0.3, -0.25) is 29.3 Å². The molecule has 1 saturated carbocycles. The Kier molecular flexibility index (Phi) is 15.1. The number of anilines is 1. The monoisotopic (exact) mass is 968 g/mol. The number of alkyl halides is 3. The first-order valence-corrected chi connectivity index (χ1v) is 24.0. The normalized spacial score (nSPS) is 18.4. The van der Waals surface area contributed by atoms with Gasteiger partial charge < -0.3 is 34.1 Å². The van der Waals surface area contributed by atoms with Crippen LogP contribution in [0.5, 0.6) is 0 Å². The largest absolute Gasteiger partial charge is 0.480 e. The predicted molar refractivity (Wildman–Crippen MR) is 251 cm³/mol. The second-order valence-corrected chi connectivity index (χ2v) is 20.8. The number of carbonyl (C=O) groups excluding carboxylic acids is 3. The van der Waals surface area contributed by atoms with E-state index in [4.69, 9.17) is 24.2 Å². The molecule has 0 radical (unpaired) electrons. The second-order valence-electron chi connectivity index (χ2n) is 19.8. The number of carboxylic acid groups (broad SMARTS) is 1. The Morgan fingerprint density at radius 1 is 1.01 bits per heavy atom. The van der Waals surface area contributed by atoms with E-state index in [1.807, 2.05) is 32.9 Å². The first kappa shape index (κ1) is 50.6. The molecular weight excluding hydrogens is 906 g/mol. The average Bonchev–Trinajstić information content (AvgIpc) is 3.96. The lowest BCUT2D eigenvalue weighted by Gasteiger charge is -2.36. The highest BCUT2D eigenvalue weighted by atomic mass is 32.1. The number of amides is 2. The minimum Gasteiger partial charge on any atom is -0.480 e. The predicted octanol–water partition coefficient (Wildman–Crippen LogP) is 7.53. The van der Waals surface area contributed by atoms with Gasteiger partial charge in [0.2, 0.25) is 0 Å². The number of aliphatic carboxylic acids is 1.